The molecule has 0 aliphatic carbocycles. The molecule has 6 nitrogen and oxygen atoms in total. The fourth-order valence-electron chi connectivity index (χ4n) is 1.63. The summed E-state index contributed by atoms with van der Waals surface area (Å²) in [7, 11) is 1.46. The summed E-state index contributed by atoms with van der Waals surface area (Å²) < 4.78 is 5.10. The minimum Gasteiger partial charge on any atom is -0.507 e. The van der Waals surface area contributed by atoms with Crippen molar-refractivity contribution in [1.29, 1.82) is 0 Å². The molecule has 2 aromatic rings. The van der Waals surface area contributed by atoms with Crippen LogP contribution in [0.3, 0.4) is 0 Å². The lowest BCUT2D eigenvalue weighted by Crippen LogP contribution is -1.90. The molecule has 0 heterocycles. The molecule has 2 aromatic carbocycles. The second kappa shape index (κ2) is 5.83. The molecule has 20 heavy (non-hydrogen) atoms. The van der Waals surface area contributed by atoms with E-state index in [9.17, 15) is 15.2 Å². The Morgan fingerprint density at radius 2 is 2.05 bits per heavy atom. The van der Waals surface area contributed by atoms with E-state index in [2.05, 4.69) is 4.99 Å². The fourth-order valence-corrected chi connectivity index (χ4v) is 1.63. The van der Waals surface area contributed by atoms with Gasteiger partial charge < -0.3 is 9.84 Å². The molecular weight excluding hydrogens is 260 g/mol. The average molecular weight is 272 g/mol. The highest BCUT2D eigenvalue weighted by Gasteiger charge is 2.10. The smallest absolute Gasteiger partial charge is 0.271 e. The minimum atomic E-state index is -0.502. The third-order valence-corrected chi connectivity index (χ3v) is 2.65. The van der Waals surface area contributed by atoms with E-state index >= 15 is 0 Å². The van der Waals surface area contributed by atoms with Crippen LogP contribution in [0.25, 0.3) is 0 Å². The van der Waals surface area contributed by atoms with E-state index in [1.165, 1.54) is 37.6 Å². The van der Waals surface area contributed by atoms with Crippen molar-refractivity contribution in [3.05, 3.63) is 58.1 Å². The Balaban J connectivity index is 2.39. The molecule has 0 aliphatic rings. The van der Waals surface area contributed by atoms with Crippen LogP contribution in [-0.4, -0.2) is 23.4 Å². The molecule has 0 bridgehead atoms. The van der Waals surface area contributed by atoms with Gasteiger partial charge in [0, 0.05) is 23.9 Å². The average Bonchev–Trinajstić information content (AvgIpc) is 2.46. The maximum Gasteiger partial charge on any atom is 0.271 e. The molecule has 0 unspecified atom stereocenters. The first-order chi connectivity index (χ1) is 9.61. The lowest BCUT2D eigenvalue weighted by Gasteiger charge is -2.04. The van der Waals surface area contributed by atoms with Crippen LogP contribution >= 0.6 is 0 Å². The van der Waals surface area contributed by atoms with Crippen LogP contribution in [0, 0.1) is 10.1 Å². The summed E-state index contributed by atoms with van der Waals surface area (Å²) in [6.07, 6.45) is 1.43. The first-order valence-electron chi connectivity index (χ1n) is 5.76. The van der Waals surface area contributed by atoms with E-state index in [-0.39, 0.29) is 11.4 Å². The van der Waals surface area contributed by atoms with Crippen molar-refractivity contribution in [2.24, 2.45) is 4.99 Å². The second-order valence-electron chi connectivity index (χ2n) is 3.93. The van der Waals surface area contributed by atoms with Gasteiger partial charge in [-0.3, -0.25) is 15.1 Å². The number of phenols is 1. The number of nitro groups is 1. The van der Waals surface area contributed by atoms with E-state index in [1.54, 1.807) is 18.2 Å². The monoisotopic (exact) mass is 272 g/mol. The lowest BCUT2D eigenvalue weighted by molar-refractivity contribution is -0.384. The maximum atomic E-state index is 10.8. The molecule has 0 saturated heterocycles. The summed E-state index contributed by atoms with van der Waals surface area (Å²) in [5.41, 5.74) is 0.765. The highest BCUT2D eigenvalue weighted by molar-refractivity contribution is 5.86. The number of hydrogen-bond donors (Lipinski definition) is 1. The van der Waals surface area contributed by atoms with Crippen molar-refractivity contribution in [3.63, 3.8) is 0 Å². The number of nitro benzene ring substituents is 1. The Bertz CT molecular complexity index is 668. The van der Waals surface area contributed by atoms with Gasteiger partial charge in [0.25, 0.3) is 5.69 Å². The van der Waals surface area contributed by atoms with Crippen LogP contribution in [0.4, 0.5) is 11.4 Å². The largest absolute Gasteiger partial charge is 0.507 e. The van der Waals surface area contributed by atoms with Crippen molar-refractivity contribution >= 4 is 17.6 Å². The molecule has 0 saturated carbocycles. The van der Waals surface area contributed by atoms with Gasteiger partial charge in [-0.2, -0.15) is 0 Å². The summed E-state index contributed by atoms with van der Waals surface area (Å²) in [4.78, 5) is 14.4. The van der Waals surface area contributed by atoms with Gasteiger partial charge in [0.1, 0.15) is 17.2 Å². The quantitative estimate of drug-likeness (QED) is 0.526. The summed E-state index contributed by atoms with van der Waals surface area (Å²) >= 11 is 0. The number of non-ortho nitro benzene ring substituents is 1. The molecule has 0 radical (unpaired) electrons. The molecule has 2 rings (SSSR count). The maximum absolute atomic E-state index is 10.8. The molecule has 0 fully saturated rings. The van der Waals surface area contributed by atoms with Crippen LogP contribution in [-0.2, 0) is 0 Å². The first kappa shape index (κ1) is 13.5. The van der Waals surface area contributed by atoms with Gasteiger partial charge in [0.2, 0.25) is 0 Å². The molecule has 0 atom stereocenters. The molecular formula is C14H12N2O4. The van der Waals surface area contributed by atoms with E-state index in [0.29, 0.717) is 17.0 Å². The van der Waals surface area contributed by atoms with Crippen molar-refractivity contribution in [2.45, 2.75) is 0 Å². The van der Waals surface area contributed by atoms with Crippen LogP contribution in [0.5, 0.6) is 11.5 Å². The van der Waals surface area contributed by atoms with Gasteiger partial charge in [0.15, 0.2) is 0 Å². The number of aromatic hydroxyl groups is 1. The Morgan fingerprint density at radius 1 is 1.30 bits per heavy atom. The van der Waals surface area contributed by atoms with Gasteiger partial charge in [0.05, 0.1) is 12.0 Å². The Labute approximate surface area is 115 Å². The highest BCUT2D eigenvalue weighted by Crippen LogP contribution is 2.31. The first-order valence-corrected chi connectivity index (χ1v) is 5.76. The van der Waals surface area contributed by atoms with Crippen molar-refractivity contribution in [1.82, 2.24) is 0 Å². The van der Waals surface area contributed by atoms with Gasteiger partial charge in [-0.1, -0.05) is 12.1 Å². The number of rotatable bonds is 4. The zero-order valence-electron chi connectivity index (χ0n) is 10.7. The summed E-state index contributed by atoms with van der Waals surface area (Å²) in [6, 6.07) is 10.8. The molecule has 0 aliphatic heterocycles. The predicted molar refractivity (Wildman–Crippen MR) is 75.0 cm³/mol. The highest BCUT2D eigenvalue weighted by atomic mass is 16.6. The number of benzene rings is 2. The zero-order chi connectivity index (χ0) is 14.5. The Kier molecular flexibility index (Phi) is 3.95. The lowest BCUT2D eigenvalue weighted by atomic mass is 10.2. The standard InChI is InChI=1S/C14H12N2O4/c1-20-14-7-6-11(16(18)19)8-12(14)15-9-10-4-2-3-5-13(10)17/h2-9,17H,1H3. The van der Waals surface area contributed by atoms with Crippen LogP contribution < -0.4 is 4.74 Å². The van der Waals surface area contributed by atoms with E-state index in [4.69, 9.17) is 4.74 Å². The number of nitrogens with zero attached hydrogens (tertiary/aromatic N) is 2. The number of methoxy groups -OCH3 is 1. The SMILES string of the molecule is COc1ccc([N+](=O)[O-])cc1N=Cc1ccccc1O. The summed E-state index contributed by atoms with van der Waals surface area (Å²) in [5.74, 6) is 0.503. The predicted octanol–water partition coefficient (Wildman–Crippen LogP) is 3.06. The van der Waals surface area contributed by atoms with Gasteiger partial charge in [-0.25, -0.2) is 0 Å². The van der Waals surface area contributed by atoms with Crippen molar-refractivity contribution in [3.8, 4) is 11.5 Å². The second-order valence-corrected chi connectivity index (χ2v) is 3.93. The normalized spacial score (nSPS) is 10.7. The molecule has 0 spiro atoms. The fraction of sp³-hybridized carbons (Fsp3) is 0.0714. The number of aliphatic imine (C=N–C) groups is 1. The van der Waals surface area contributed by atoms with Crippen molar-refractivity contribution in [2.75, 3.05) is 7.11 Å². The summed E-state index contributed by atoms with van der Waals surface area (Å²) in [5, 5.41) is 20.4. The topological polar surface area (TPSA) is 85.0 Å². The van der Waals surface area contributed by atoms with E-state index in [1.807, 2.05) is 0 Å². The summed E-state index contributed by atoms with van der Waals surface area (Å²) in [6.45, 7) is 0. The number of phenolic OH excluding ortho intramolecular Hbond substituents is 1. The Hall–Kier alpha value is -2.89. The van der Waals surface area contributed by atoms with Gasteiger partial charge >= 0.3 is 0 Å². The number of ether oxygens (including phenoxy) is 1. The van der Waals surface area contributed by atoms with E-state index in [0.717, 1.165) is 0 Å². The van der Waals surface area contributed by atoms with Crippen molar-refractivity contribution < 1.29 is 14.8 Å². The minimum absolute atomic E-state index is 0.0739. The number of para-hydroxylation sites is 1. The molecule has 6 heteroatoms. The van der Waals surface area contributed by atoms with Gasteiger partial charge in [-0.15, -0.1) is 0 Å². The third kappa shape index (κ3) is 2.92. The molecule has 102 valence electrons. The molecule has 0 aromatic heterocycles. The third-order valence-electron chi connectivity index (χ3n) is 2.65. The van der Waals surface area contributed by atoms with Gasteiger partial charge in [-0.05, 0) is 18.2 Å². The van der Waals surface area contributed by atoms with Crippen LogP contribution in [0.15, 0.2) is 47.5 Å². The number of hydrogen-bond acceptors (Lipinski definition) is 5. The Morgan fingerprint density at radius 3 is 2.70 bits per heavy atom. The zero-order valence-corrected chi connectivity index (χ0v) is 10.7. The molecule has 1 N–H and O–H groups in total. The molecule has 0 amide bonds. The van der Waals surface area contributed by atoms with E-state index < -0.39 is 4.92 Å². The van der Waals surface area contributed by atoms with Crippen LogP contribution in [0.2, 0.25) is 0 Å². The van der Waals surface area contributed by atoms with Crippen LogP contribution in [0.1, 0.15) is 5.56 Å².